The Bertz CT molecular complexity index is 847. The van der Waals surface area contributed by atoms with Crippen LogP contribution in [0.2, 0.25) is 0 Å². The molecule has 0 saturated heterocycles. The van der Waals surface area contributed by atoms with E-state index in [1.165, 1.54) is 16.8 Å². The van der Waals surface area contributed by atoms with Gasteiger partial charge in [-0.2, -0.15) is 4.98 Å². The smallest absolute Gasteiger partial charge is 0.231 e. The van der Waals surface area contributed by atoms with Crippen molar-refractivity contribution >= 4 is 17.5 Å². The first kappa shape index (κ1) is 15.6. The number of aryl methyl sites for hydroxylation is 1. The minimum Gasteiger partial charge on any atom is -0.363 e. The topological polar surface area (TPSA) is 41.1 Å². The highest BCUT2D eigenvalue weighted by molar-refractivity contribution is 5.64. The minimum atomic E-state index is 0.192. The first-order valence-electron chi connectivity index (χ1n) is 8.81. The van der Waals surface area contributed by atoms with Crippen LogP contribution in [0.5, 0.6) is 0 Å². The van der Waals surface area contributed by atoms with E-state index in [1.54, 1.807) is 0 Å². The lowest BCUT2D eigenvalue weighted by atomic mass is 10.0. The van der Waals surface area contributed by atoms with Crippen LogP contribution in [0.4, 0.5) is 17.5 Å². The highest BCUT2D eigenvalue weighted by Gasteiger charge is 2.20. The van der Waals surface area contributed by atoms with E-state index >= 15 is 0 Å². The van der Waals surface area contributed by atoms with Crippen molar-refractivity contribution in [3.8, 4) is 0 Å². The minimum absolute atomic E-state index is 0.192. The average molecular weight is 330 g/mol. The summed E-state index contributed by atoms with van der Waals surface area (Å²) in [7, 11) is 0. The Balaban J connectivity index is 1.58. The fourth-order valence-corrected chi connectivity index (χ4v) is 3.35. The Morgan fingerprint density at radius 3 is 2.68 bits per heavy atom. The third-order valence-electron chi connectivity index (χ3n) is 4.66. The van der Waals surface area contributed by atoms with Gasteiger partial charge in [-0.05, 0) is 43.0 Å². The molecule has 4 nitrogen and oxygen atoms in total. The van der Waals surface area contributed by atoms with Crippen LogP contribution in [0.1, 0.15) is 30.5 Å². The van der Waals surface area contributed by atoms with E-state index in [-0.39, 0.29) is 6.04 Å². The van der Waals surface area contributed by atoms with E-state index in [4.69, 9.17) is 4.98 Å². The van der Waals surface area contributed by atoms with Gasteiger partial charge in [-0.15, -0.1) is 0 Å². The van der Waals surface area contributed by atoms with E-state index in [0.717, 1.165) is 31.2 Å². The summed E-state index contributed by atoms with van der Waals surface area (Å²) in [5.74, 6) is 1.61. The van der Waals surface area contributed by atoms with Crippen LogP contribution < -0.4 is 10.2 Å². The number of nitrogens with one attached hydrogen (secondary N) is 1. The molecule has 0 bridgehead atoms. The maximum atomic E-state index is 4.76. The second-order valence-corrected chi connectivity index (χ2v) is 6.40. The van der Waals surface area contributed by atoms with Crippen molar-refractivity contribution in [1.29, 1.82) is 0 Å². The van der Waals surface area contributed by atoms with Gasteiger partial charge in [0.15, 0.2) is 0 Å². The number of hydrogen-bond donors (Lipinski definition) is 1. The first-order valence-corrected chi connectivity index (χ1v) is 8.81. The summed E-state index contributed by atoms with van der Waals surface area (Å²) >= 11 is 0. The van der Waals surface area contributed by atoms with E-state index in [2.05, 4.69) is 70.7 Å². The second-order valence-electron chi connectivity index (χ2n) is 6.40. The molecule has 2 aromatic carbocycles. The van der Waals surface area contributed by atoms with Crippen LogP contribution in [0.25, 0.3) is 0 Å². The van der Waals surface area contributed by atoms with Crippen LogP contribution in [0.3, 0.4) is 0 Å². The van der Waals surface area contributed by atoms with E-state index in [1.807, 2.05) is 18.3 Å². The Morgan fingerprint density at radius 1 is 1.00 bits per heavy atom. The van der Waals surface area contributed by atoms with Crippen molar-refractivity contribution in [2.24, 2.45) is 0 Å². The summed E-state index contributed by atoms with van der Waals surface area (Å²) in [5.41, 5.74) is 3.83. The molecule has 1 unspecified atom stereocenters. The molecule has 1 atom stereocenters. The molecular formula is C21H22N4. The second kappa shape index (κ2) is 6.93. The molecule has 0 spiro atoms. The number of aromatic nitrogens is 2. The molecule has 0 aliphatic carbocycles. The third kappa shape index (κ3) is 3.33. The van der Waals surface area contributed by atoms with Gasteiger partial charge in [-0.1, -0.05) is 48.5 Å². The van der Waals surface area contributed by atoms with Gasteiger partial charge >= 0.3 is 0 Å². The van der Waals surface area contributed by atoms with Crippen molar-refractivity contribution in [2.75, 3.05) is 16.8 Å². The van der Waals surface area contributed by atoms with E-state index in [0.29, 0.717) is 0 Å². The van der Waals surface area contributed by atoms with Gasteiger partial charge in [-0.25, -0.2) is 4.98 Å². The molecule has 1 aliphatic heterocycles. The molecule has 4 rings (SSSR count). The Morgan fingerprint density at radius 2 is 1.80 bits per heavy atom. The lowest BCUT2D eigenvalue weighted by Gasteiger charge is -2.29. The van der Waals surface area contributed by atoms with Crippen LogP contribution in [-0.2, 0) is 6.42 Å². The SMILES string of the molecule is CC(Nc1ccnc(N2CCCc3ccccc32)n1)c1ccccc1. The van der Waals surface area contributed by atoms with Crippen LogP contribution in [0, 0.1) is 0 Å². The van der Waals surface area contributed by atoms with Crippen LogP contribution in [0.15, 0.2) is 66.9 Å². The van der Waals surface area contributed by atoms with Gasteiger partial charge in [-0.3, -0.25) is 0 Å². The summed E-state index contributed by atoms with van der Waals surface area (Å²) in [6.45, 7) is 3.10. The number of benzene rings is 2. The Hall–Kier alpha value is -2.88. The molecule has 0 fully saturated rings. The fraction of sp³-hybridized carbons (Fsp3) is 0.238. The molecule has 0 saturated carbocycles. The zero-order valence-electron chi connectivity index (χ0n) is 14.4. The number of fused-ring (bicyclic) bond motifs is 1. The highest BCUT2D eigenvalue weighted by atomic mass is 15.3. The Kier molecular flexibility index (Phi) is 4.34. The lowest BCUT2D eigenvalue weighted by Crippen LogP contribution is -2.26. The van der Waals surface area contributed by atoms with Crippen molar-refractivity contribution in [1.82, 2.24) is 9.97 Å². The maximum absolute atomic E-state index is 4.76. The van der Waals surface area contributed by atoms with Crippen LogP contribution in [-0.4, -0.2) is 16.5 Å². The Labute approximate surface area is 148 Å². The maximum Gasteiger partial charge on any atom is 0.231 e. The average Bonchev–Trinajstić information content (AvgIpc) is 2.68. The van der Waals surface area contributed by atoms with Crippen LogP contribution >= 0.6 is 0 Å². The number of hydrogen-bond acceptors (Lipinski definition) is 4. The lowest BCUT2D eigenvalue weighted by molar-refractivity contribution is 0.749. The van der Waals surface area contributed by atoms with Crippen molar-refractivity contribution in [3.63, 3.8) is 0 Å². The number of nitrogens with zero attached hydrogens (tertiary/aromatic N) is 3. The molecule has 25 heavy (non-hydrogen) atoms. The molecular weight excluding hydrogens is 308 g/mol. The monoisotopic (exact) mass is 330 g/mol. The third-order valence-corrected chi connectivity index (χ3v) is 4.66. The number of para-hydroxylation sites is 1. The number of anilines is 3. The van der Waals surface area contributed by atoms with Gasteiger partial charge in [0.25, 0.3) is 0 Å². The molecule has 2 heterocycles. The van der Waals surface area contributed by atoms with E-state index < -0.39 is 0 Å². The fourth-order valence-electron chi connectivity index (χ4n) is 3.35. The summed E-state index contributed by atoms with van der Waals surface area (Å²) in [6.07, 6.45) is 4.08. The van der Waals surface area contributed by atoms with Crippen molar-refractivity contribution < 1.29 is 0 Å². The zero-order chi connectivity index (χ0) is 17.1. The zero-order valence-corrected chi connectivity index (χ0v) is 14.4. The quantitative estimate of drug-likeness (QED) is 0.750. The van der Waals surface area contributed by atoms with Crippen molar-refractivity contribution in [3.05, 3.63) is 78.0 Å². The molecule has 0 amide bonds. The summed E-state index contributed by atoms with van der Waals surface area (Å²) in [4.78, 5) is 11.5. The molecule has 1 aromatic heterocycles. The van der Waals surface area contributed by atoms with Gasteiger partial charge in [0.1, 0.15) is 5.82 Å². The molecule has 0 radical (unpaired) electrons. The molecule has 1 aliphatic rings. The van der Waals surface area contributed by atoms with Gasteiger partial charge in [0.05, 0.1) is 0 Å². The van der Waals surface area contributed by atoms with Gasteiger partial charge in [0.2, 0.25) is 5.95 Å². The normalized spacial score (nSPS) is 14.7. The van der Waals surface area contributed by atoms with Gasteiger partial charge < -0.3 is 10.2 Å². The highest BCUT2D eigenvalue weighted by Crippen LogP contribution is 2.31. The number of rotatable bonds is 4. The molecule has 4 heteroatoms. The summed E-state index contributed by atoms with van der Waals surface area (Å²) < 4.78 is 0. The summed E-state index contributed by atoms with van der Waals surface area (Å²) in [6, 6.07) is 21.1. The molecule has 126 valence electrons. The predicted molar refractivity (Wildman–Crippen MR) is 102 cm³/mol. The first-order chi connectivity index (χ1) is 12.3. The molecule has 1 N–H and O–H groups in total. The largest absolute Gasteiger partial charge is 0.363 e. The standard InChI is InChI=1S/C21H22N4/c1-16(17-8-3-2-4-9-17)23-20-13-14-22-21(24-20)25-15-7-11-18-10-5-6-12-19(18)25/h2-6,8-10,12-14,16H,7,11,15H2,1H3,(H,22,23,24). The molecule has 3 aromatic rings. The summed E-state index contributed by atoms with van der Waals surface area (Å²) in [5, 5.41) is 3.48. The van der Waals surface area contributed by atoms with Crippen molar-refractivity contribution in [2.45, 2.75) is 25.8 Å². The predicted octanol–water partition coefficient (Wildman–Crippen LogP) is 4.73. The van der Waals surface area contributed by atoms with Gasteiger partial charge in [0, 0.05) is 24.5 Å². The van der Waals surface area contributed by atoms with E-state index in [9.17, 15) is 0 Å².